The van der Waals surface area contributed by atoms with Crippen LogP contribution in [0.15, 0.2) is 84.9 Å². The van der Waals surface area contributed by atoms with Gasteiger partial charge in [0, 0.05) is 5.92 Å². The number of benzene rings is 3. The molecular formula is C22H17F3. The number of rotatable bonds is 2. The van der Waals surface area contributed by atoms with Crippen molar-refractivity contribution in [2.24, 2.45) is 0 Å². The Hall–Kier alpha value is -2.55. The van der Waals surface area contributed by atoms with Crippen LogP contribution in [-0.2, 0) is 5.41 Å². The first-order valence-electron chi connectivity index (χ1n) is 8.30. The highest BCUT2D eigenvalue weighted by Crippen LogP contribution is 2.59. The molecule has 1 aliphatic rings. The van der Waals surface area contributed by atoms with Crippen LogP contribution in [0.4, 0.5) is 13.2 Å². The summed E-state index contributed by atoms with van der Waals surface area (Å²) >= 11 is 0. The first-order chi connectivity index (χ1) is 12.0. The summed E-state index contributed by atoms with van der Waals surface area (Å²) in [5.41, 5.74) is 0.425. The van der Waals surface area contributed by atoms with Crippen molar-refractivity contribution in [2.75, 3.05) is 0 Å². The molecular weight excluding hydrogens is 321 g/mol. The molecule has 25 heavy (non-hydrogen) atoms. The third-order valence-corrected chi connectivity index (χ3v) is 5.26. The number of hydrogen-bond donors (Lipinski definition) is 0. The van der Waals surface area contributed by atoms with Crippen LogP contribution in [0.1, 0.15) is 34.6 Å². The molecule has 0 N–H and O–H groups in total. The first kappa shape index (κ1) is 15.9. The molecule has 3 aromatic carbocycles. The molecule has 0 heterocycles. The normalized spacial score (nSPS) is 22.6. The molecule has 0 unspecified atom stereocenters. The summed E-state index contributed by atoms with van der Waals surface area (Å²) in [4.78, 5) is 0. The van der Waals surface area contributed by atoms with Crippen LogP contribution in [0.25, 0.3) is 0 Å². The molecule has 2 atom stereocenters. The minimum Gasteiger partial charge on any atom is -0.170 e. The van der Waals surface area contributed by atoms with E-state index in [-0.39, 0.29) is 12.3 Å². The fraction of sp³-hybridized carbons (Fsp3) is 0.182. The lowest BCUT2D eigenvalue weighted by Gasteiger charge is -2.34. The molecule has 1 aliphatic carbocycles. The van der Waals surface area contributed by atoms with Crippen molar-refractivity contribution in [3.63, 3.8) is 0 Å². The topological polar surface area (TPSA) is 0 Å². The van der Waals surface area contributed by atoms with Crippen LogP contribution in [-0.4, -0.2) is 6.18 Å². The lowest BCUT2D eigenvalue weighted by atomic mass is 9.74. The van der Waals surface area contributed by atoms with Gasteiger partial charge in [0.05, 0.1) is 0 Å². The van der Waals surface area contributed by atoms with E-state index in [1.807, 2.05) is 42.5 Å². The summed E-state index contributed by atoms with van der Waals surface area (Å²) in [6.45, 7) is 0. The van der Waals surface area contributed by atoms with Crippen LogP contribution >= 0.6 is 0 Å². The Labute approximate surface area is 144 Å². The molecule has 0 saturated heterocycles. The van der Waals surface area contributed by atoms with E-state index in [9.17, 15) is 13.2 Å². The molecule has 0 fully saturated rings. The third kappa shape index (κ3) is 2.38. The van der Waals surface area contributed by atoms with Crippen LogP contribution in [0, 0.1) is 0 Å². The molecule has 0 nitrogen and oxygen atoms in total. The van der Waals surface area contributed by atoms with Gasteiger partial charge < -0.3 is 0 Å². The zero-order chi connectivity index (χ0) is 17.5. The molecule has 126 valence electrons. The van der Waals surface area contributed by atoms with Crippen LogP contribution in [0.3, 0.4) is 0 Å². The Bertz CT molecular complexity index is 869. The lowest BCUT2D eigenvalue weighted by Crippen LogP contribution is -2.41. The van der Waals surface area contributed by atoms with E-state index in [0.717, 1.165) is 11.1 Å². The summed E-state index contributed by atoms with van der Waals surface area (Å²) in [6.07, 6.45) is -4.36. The van der Waals surface area contributed by atoms with Gasteiger partial charge in [-0.05, 0) is 28.7 Å². The summed E-state index contributed by atoms with van der Waals surface area (Å²) in [7, 11) is 0. The van der Waals surface area contributed by atoms with Crippen molar-refractivity contribution < 1.29 is 13.2 Å². The quantitative estimate of drug-likeness (QED) is 0.532. The molecule has 3 aromatic rings. The van der Waals surface area contributed by atoms with Gasteiger partial charge in [-0.3, -0.25) is 0 Å². The number of alkyl halides is 3. The molecule has 0 aromatic heterocycles. The van der Waals surface area contributed by atoms with E-state index in [1.54, 1.807) is 42.5 Å². The van der Waals surface area contributed by atoms with Gasteiger partial charge in [0.15, 0.2) is 0 Å². The van der Waals surface area contributed by atoms with Crippen molar-refractivity contribution in [3.8, 4) is 0 Å². The Morgan fingerprint density at radius 3 is 1.92 bits per heavy atom. The lowest BCUT2D eigenvalue weighted by molar-refractivity contribution is -0.178. The minimum absolute atomic E-state index is 0.00384. The van der Waals surface area contributed by atoms with Crippen LogP contribution in [0.5, 0.6) is 0 Å². The van der Waals surface area contributed by atoms with Gasteiger partial charge in [0.1, 0.15) is 5.41 Å². The highest BCUT2D eigenvalue weighted by molar-refractivity contribution is 5.54. The molecule has 0 bridgehead atoms. The predicted molar refractivity (Wildman–Crippen MR) is 92.6 cm³/mol. The fourth-order valence-electron chi connectivity index (χ4n) is 4.13. The van der Waals surface area contributed by atoms with Gasteiger partial charge in [-0.1, -0.05) is 84.9 Å². The minimum atomic E-state index is -4.37. The second kappa shape index (κ2) is 5.76. The van der Waals surface area contributed by atoms with Crippen molar-refractivity contribution in [2.45, 2.75) is 23.9 Å². The molecule has 0 aliphatic heterocycles. The van der Waals surface area contributed by atoms with Crippen molar-refractivity contribution in [1.29, 1.82) is 0 Å². The molecule has 3 heteroatoms. The van der Waals surface area contributed by atoms with E-state index >= 15 is 0 Å². The van der Waals surface area contributed by atoms with E-state index in [1.165, 1.54) is 0 Å². The molecule has 0 amide bonds. The average molecular weight is 338 g/mol. The molecule has 4 rings (SSSR count). The maximum Gasteiger partial charge on any atom is 0.402 e. The molecule has 0 radical (unpaired) electrons. The summed E-state index contributed by atoms with van der Waals surface area (Å²) in [6, 6.07) is 24.8. The highest BCUT2D eigenvalue weighted by atomic mass is 19.4. The van der Waals surface area contributed by atoms with Gasteiger partial charge in [-0.15, -0.1) is 0 Å². The van der Waals surface area contributed by atoms with Gasteiger partial charge in [0.2, 0.25) is 0 Å². The average Bonchev–Trinajstić information content (AvgIpc) is 3.00. The second-order valence-electron chi connectivity index (χ2n) is 6.52. The third-order valence-electron chi connectivity index (χ3n) is 5.26. The van der Waals surface area contributed by atoms with E-state index in [0.29, 0.717) is 11.1 Å². The predicted octanol–water partition coefficient (Wildman–Crippen LogP) is 6.07. The van der Waals surface area contributed by atoms with Crippen molar-refractivity contribution >= 4 is 0 Å². The zero-order valence-electron chi connectivity index (χ0n) is 13.5. The summed E-state index contributed by atoms with van der Waals surface area (Å²) in [5.74, 6) is -0.265. The Kier molecular flexibility index (Phi) is 3.68. The standard InChI is InChI=1S/C22H17F3/c23-22(24,25)21(17-11-5-2-6-12-17)15-19(16-9-3-1-4-10-16)18-13-7-8-14-20(18)21/h1-14,19H,15H2/t19-,21+/m1/s1. The molecule has 0 saturated carbocycles. The monoisotopic (exact) mass is 338 g/mol. The highest BCUT2D eigenvalue weighted by Gasteiger charge is 2.61. The van der Waals surface area contributed by atoms with Crippen LogP contribution < -0.4 is 0 Å². The van der Waals surface area contributed by atoms with E-state index < -0.39 is 11.6 Å². The SMILES string of the molecule is FC(F)(F)[C@]1(c2ccccc2)C[C@H](c2ccccc2)c2ccccc21. The maximum atomic E-state index is 14.5. The smallest absolute Gasteiger partial charge is 0.170 e. The number of fused-ring (bicyclic) bond motifs is 1. The van der Waals surface area contributed by atoms with E-state index in [2.05, 4.69) is 0 Å². The van der Waals surface area contributed by atoms with Crippen molar-refractivity contribution in [1.82, 2.24) is 0 Å². The van der Waals surface area contributed by atoms with Crippen molar-refractivity contribution in [3.05, 3.63) is 107 Å². The number of halogens is 3. The van der Waals surface area contributed by atoms with Gasteiger partial charge in [-0.2, -0.15) is 13.2 Å². The second-order valence-corrected chi connectivity index (χ2v) is 6.52. The van der Waals surface area contributed by atoms with Gasteiger partial charge >= 0.3 is 6.18 Å². The summed E-state index contributed by atoms with van der Waals surface area (Å²) in [5, 5.41) is 0. The Balaban J connectivity index is 1.98. The largest absolute Gasteiger partial charge is 0.402 e. The number of hydrogen-bond acceptors (Lipinski definition) is 0. The van der Waals surface area contributed by atoms with Gasteiger partial charge in [-0.25, -0.2) is 0 Å². The van der Waals surface area contributed by atoms with Gasteiger partial charge in [0.25, 0.3) is 0 Å². The summed E-state index contributed by atoms with van der Waals surface area (Å²) < 4.78 is 43.4. The Morgan fingerprint density at radius 2 is 1.28 bits per heavy atom. The first-order valence-corrected chi connectivity index (χ1v) is 8.30. The zero-order valence-corrected chi connectivity index (χ0v) is 13.5. The molecule has 0 spiro atoms. The van der Waals surface area contributed by atoms with Crippen LogP contribution in [0.2, 0.25) is 0 Å². The maximum absolute atomic E-state index is 14.5. The Morgan fingerprint density at radius 1 is 0.720 bits per heavy atom. The fourth-order valence-corrected chi connectivity index (χ4v) is 4.13. The van der Waals surface area contributed by atoms with E-state index in [4.69, 9.17) is 0 Å².